The van der Waals surface area contributed by atoms with Gasteiger partial charge >= 0.3 is 0 Å². The quantitative estimate of drug-likeness (QED) is 0.346. The van der Waals surface area contributed by atoms with Gasteiger partial charge in [0.1, 0.15) is 11.4 Å². The summed E-state index contributed by atoms with van der Waals surface area (Å²) in [5, 5.41) is 3.52. The SMILES string of the molecule is COc1ccc2c3cc(-c4c(C)cc(C)cc4C)ccc3n3ccnc3c2c1. The van der Waals surface area contributed by atoms with E-state index in [0.717, 1.165) is 22.3 Å². The van der Waals surface area contributed by atoms with E-state index in [9.17, 15) is 0 Å². The number of benzene rings is 3. The molecule has 0 aliphatic rings. The number of methoxy groups -OCH3 is 1. The zero-order chi connectivity index (χ0) is 19.4. The third-order valence-electron chi connectivity index (χ3n) is 5.62. The number of hydrogen-bond donors (Lipinski definition) is 0. The molecule has 3 heteroatoms. The first-order chi connectivity index (χ1) is 13.6. The Morgan fingerprint density at radius 2 is 1.61 bits per heavy atom. The summed E-state index contributed by atoms with van der Waals surface area (Å²) < 4.78 is 7.62. The number of aromatic nitrogens is 2. The Kier molecular flexibility index (Phi) is 3.66. The van der Waals surface area contributed by atoms with E-state index in [1.54, 1.807) is 7.11 Å². The highest BCUT2D eigenvalue weighted by molar-refractivity contribution is 6.13. The Morgan fingerprint density at radius 1 is 0.821 bits per heavy atom. The van der Waals surface area contributed by atoms with E-state index < -0.39 is 0 Å². The molecule has 0 radical (unpaired) electrons. The zero-order valence-corrected chi connectivity index (χ0v) is 16.6. The fraction of sp³-hybridized carbons (Fsp3) is 0.160. The molecule has 0 unspecified atom stereocenters. The first kappa shape index (κ1) is 16.8. The first-order valence-corrected chi connectivity index (χ1v) is 9.51. The molecule has 0 saturated carbocycles. The first-order valence-electron chi connectivity index (χ1n) is 9.51. The van der Waals surface area contributed by atoms with Crippen LogP contribution in [-0.2, 0) is 0 Å². The fourth-order valence-electron chi connectivity index (χ4n) is 4.52. The summed E-state index contributed by atoms with van der Waals surface area (Å²) in [6.07, 6.45) is 3.88. The predicted octanol–water partition coefficient (Wildman–Crippen LogP) is 6.24. The Bertz CT molecular complexity index is 1360. The summed E-state index contributed by atoms with van der Waals surface area (Å²) in [6.45, 7) is 6.55. The zero-order valence-electron chi connectivity index (χ0n) is 16.6. The smallest absolute Gasteiger partial charge is 0.145 e. The van der Waals surface area contributed by atoms with Gasteiger partial charge in [-0.3, -0.25) is 4.40 Å². The lowest BCUT2D eigenvalue weighted by atomic mass is 9.92. The van der Waals surface area contributed by atoms with Crippen molar-refractivity contribution in [3.63, 3.8) is 0 Å². The van der Waals surface area contributed by atoms with Crippen molar-refractivity contribution in [1.82, 2.24) is 9.38 Å². The van der Waals surface area contributed by atoms with Gasteiger partial charge in [-0.05, 0) is 78.7 Å². The molecule has 28 heavy (non-hydrogen) atoms. The molecule has 2 aromatic heterocycles. The monoisotopic (exact) mass is 366 g/mol. The summed E-state index contributed by atoms with van der Waals surface area (Å²) in [7, 11) is 1.70. The standard InChI is InChI=1S/C25H22N2O/c1-15-11-16(2)24(17(3)12-15)18-5-8-23-21(13-18)20-7-6-19(28-4)14-22(20)25-26-9-10-27(23)25/h5-14H,1-4H3. The van der Waals surface area contributed by atoms with Crippen LogP contribution in [0.2, 0.25) is 0 Å². The van der Waals surface area contributed by atoms with Gasteiger partial charge in [-0.1, -0.05) is 23.8 Å². The molecule has 3 nitrogen and oxygen atoms in total. The molecule has 0 saturated heterocycles. The summed E-state index contributed by atoms with van der Waals surface area (Å²) in [5.74, 6) is 0.845. The molecule has 0 fully saturated rings. The van der Waals surface area contributed by atoms with Crippen LogP contribution in [0.25, 0.3) is 38.4 Å². The number of ether oxygens (including phenoxy) is 1. The molecule has 0 spiro atoms. The van der Waals surface area contributed by atoms with Gasteiger partial charge in [0.25, 0.3) is 0 Å². The molecule has 5 aromatic rings. The molecule has 2 heterocycles. The number of nitrogens with zero attached hydrogens (tertiary/aromatic N) is 2. The summed E-state index contributed by atoms with van der Waals surface area (Å²) in [4.78, 5) is 4.60. The number of rotatable bonds is 2. The number of imidazole rings is 1. The highest BCUT2D eigenvalue weighted by Crippen LogP contribution is 2.36. The maximum atomic E-state index is 5.46. The maximum Gasteiger partial charge on any atom is 0.145 e. The second-order valence-electron chi connectivity index (χ2n) is 7.54. The Labute approximate surface area is 164 Å². The molecule has 0 amide bonds. The largest absolute Gasteiger partial charge is 0.497 e. The third-order valence-corrected chi connectivity index (χ3v) is 5.62. The summed E-state index contributed by atoms with van der Waals surface area (Å²) >= 11 is 0. The van der Waals surface area contributed by atoms with Crippen molar-refractivity contribution < 1.29 is 4.74 Å². The van der Waals surface area contributed by atoms with Crippen molar-refractivity contribution in [3.05, 3.63) is 77.6 Å². The summed E-state index contributed by atoms with van der Waals surface area (Å²) in [5.41, 5.74) is 8.61. The number of aryl methyl sites for hydroxylation is 3. The van der Waals surface area contributed by atoms with E-state index in [1.165, 1.54) is 38.6 Å². The van der Waals surface area contributed by atoms with Gasteiger partial charge in [0.05, 0.1) is 12.6 Å². The molecular weight excluding hydrogens is 344 g/mol. The van der Waals surface area contributed by atoms with Crippen LogP contribution in [0, 0.1) is 20.8 Å². The van der Waals surface area contributed by atoms with E-state index in [-0.39, 0.29) is 0 Å². The van der Waals surface area contributed by atoms with Crippen LogP contribution in [0.15, 0.2) is 60.9 Å². The molecule has 0 aliphatic carbocycles. The average molecular weight is 366 g/mol. The van der Waals surface area contributed by atoms with Crippen molar-refractivity contribution in [3.8, 4) is 16.9 Å². The van der Waals surface area contributed by atoms with Gasteiger partial charge in [-0.2, -0.15) is 0 Å². The molecule has 0 atom stereocenters. The lowest BCUT2D eigenvalue weighted by Crippen LogP contribution is -1.94. The highest BCUT2D eigenvalue weighted by atomic mass is 16.5. The minimum Gasteiger partial charge on any atom is -0.497 e. The minimum atomic E-state index is 0.845. The molecule has 0 N–H and O–H groups in total. The second kappa shape index (κ2) is 6.10. The normalized spacial score (nSPS) is 11.6. The molecule has 0 aliphatic heterocycles. The molecule has 5 rings (SSSR count). The molecule has 3 aromatic carbocycles. The number of fused-ring (bicyclic) bond motifs is 6. The lowest BCUT2D eigenvalue weighted by Gasteiger charge is -2.15. The van der Waals surface area contributed by atoms with Crippen LogP contribution in [0.3, 0.4) is 0 Å². The number of pyridine rings is 1. The van der Waals surface area contributed by atoms with E-state index in [4.69, 9.17) is 4.74 Å². The number of hydrogen-bond acceptors (Lipinski definition) is 2. The van der Waals surface area contributed by atoms with Gasteiger partial charge in [0, 0.05) is 23.2 Å². The average Bonchev–Trinajstić information content (AvgIpc) is 3.17. The van der Waals surface area contributed by atoms with Crippen molar-refractivity contribution in [2.45, 2.75) is 20.8 Å². The van der Waals surface area contributed by atoms with Crippen molar-refractivity contribution >= 4 is 27.3 Å². The van der Waals surface area contributed by atoms with Crippen LogP contribution < -0.4 is 4.74 Å². The van der Waals surface area contributed by atoms with Crippen molar-refractivity contribution in [2.75, 3.05) is 7.11 Å². The molecule has 0 bridgehead atoms. The Balaban J connectivity index is 1.90. The van der Waals surface area contributed by atoms with Gasteiger partial charge in [-0.25, -0.2) is 4.98 Å². The van der Waals surface area contributed by atoms with E-state index >= 15 is 0 Å². The van der Waals surface area contributed by atoms with Crippen LogP contribution in [0.1, 0.15) is 16.7 Å². The van der Waals surface area contributed by atoms with Crippen LogP contribution >= 0.6 is 0 Å². The van der Waals surface area contributed by atoms with E-state index in [1.807, 2.05) is 18.5 Å². The lowest BCUT2D eigenvalue weighted by molar-refractivity contribution is 0.415. The van der Waals surface area contributed by atoms with Crippen LogP contribution in [-0.4, -0.2) is 16.5 Å². The topological polar surface area (TPSA) is 26.5 Å². The highest BCUT2D eigenvalue weighted by Gasteiger charge is 2.13. The van der Waals surface area contributed by atoms with Crippen LogP contribution in [0.4, 0.5) is 0 Å². The van der Waals surface area contributed by atoms with E-state index in [2.05, 4.69) is 72.6 Å². The van der Waals surface area contributed by atoms with E-state index in [0.29, 0.717) is 0 Å². The van der Waals surface area contributed by atoms with Crippen molar-refractivity contribution in [2.24, 2.45) is 0 Å². The van der Waals surface area contributed by atoms with Gasteiger partial charge in [0.15, 0.2) is 0 Å². The minimum absolute atomic E-state index is 0.845. The summed E-state index contributed by atoms with van der Waals surface area (Å²) in [6, 6.07) is 17.5. The van der Waals surface area contributed by atoms with Gasteiger partial charge in [-0.15, -0.1) is 0 Å². The van der Waals surface area contributed by atoms with Gasteiger partial charge in [0.2, 0.25) is 0 Å². The second-order valence-corrected chi connectivity index (χ2v) is 7.54. The molecular formula is C25H22N2O. The Hall–Kier alpha value is -3.33. The predicted molar refractivity (Wildman–Crippen MR) is 116 cm³/mol. The van der Waals surface area contributed by atoms with Crippen LogP contribution in [0.5, 0.6) is 5.75 Å². The van der Waals surface area contributed by atoms with Gasteiger partial charge < -0.3 is 4.74 Å². The fourth-order valence-corrected chi connectivity index (χ4v) is 4.52. The molecule has 138 valence electrons. The van der Waals surface area contributed by atoms with Crippen molar-refractivity contribution in [1.29, 1.82) is 0 Å². The third kappa shape index (κ3) is 2.40. The maximum absolute atomic E-state index is 5.46. The Morgan fingerprint density at radius 3 is 2.36 bits per heavy atom.